The first-order chi connectivity index (χ1) is 21.8. The summed E-state index contributed by atoms with van der Waals surface area (Å²) < 4.78 is 68.0. The number of hydrogen-bond acceptors (Lipinski definition) is 6. The highest BCUT2D eigenvalue weighted by atomic mass is 19.3. The average Bonchev–Trinajstić information content (AvgIpc) is 3.77. The number of nitrogens with zero attached hydrogens (tertiary/aromatic N) is 4. The van der Waals surface area contributed by atoms with Gasteiger partial charge in [-0.15, -0.1) is 0 Å². The highest BCUT2D eigenvalue weighted by molar-refractivity contribution is 6.04. The average molecular weight is 617 g/mol. The van der Waals surface area contributed by atoms with Crippen LogP contribution in [0.25, 0.3) is 27.7 Å². The van der Waals surface area contributed by atoms with E-state index in [0.29, 0.717) is 23.3 Å². The molecule has 1 aliphatic rings. The molecule has 0 spiro atoms. The molecule has 0 fully saturated rings. The Kier molecular flexibility index (Phi) is 6.80. The lowest BCUT2D eigenvalue weighted by atomic mass is 9.98. The van der Waals surface area contributed by atoms with Crippen molar-refractivity contribution in [2.75, 3.05) is 5.32 Å². The Labute approximate surface area is 250 Å². The van der Waals surface area contributed by atoms with E-state index in [0.717, 1.165) is 57.9 Å². The standard InChI is InChI=1S/C31H20F4N6O4/c32-18-1-4-20(5-2-18)41-26(45-31(34)35)8-6-22(30(41)43)29(42)39-19-3-7-24(23(33)12-19)44-25-11-16-15-38-40-10-9-21(28(16)40)27(25)17-13-36-37-14-17/h1-8,11-15,31H,9-10H2,(H,36,37)(H,39,42). The largest absolute Gasteiger partial charge is 0.454 e. The molecule has 0 unspecified atom stereocenters. The van der Waals surface area contributed by atoms with Gasteiger partial charge in [-0.05, 0) is 60.5 Å². The van der Waals surface area contributed by atoms with E-state index < -0.39 is 41.2 Å². The number of aromatic nitrogens is 5. The number of hydrogen-bond donors (Lipinski definition) is 2. The minimum Gasteiger partial charge on any atom is -0.454 e. The number of pyridine rings is 1. The molecule has 0 bridgehead atoms. The minimum atomic E-state index is -3.27. The molecule has 4 heterocycles. The lowest BCUT2D eigenvalue weighted by Gasteiger charge is -2.16. The van der Waals surface area contributed by atoms with Crippen LogP contribution in [0.5, 0.6) is 17.4 Å². The molecule has 10 nitrogen and oxygen atoms in total. The van der Waals surface area contributed by atoms with Gasteiger partial charge in [0.2, 0.25) is 5.88 Å². The molecule has 0 radical (unpaired) electrons. The molecule has 7 rings (SSSR count). The van der Waals surface area contributed by atoms with Gasteiger partial charge in [-0.2, -0.15) is 19.0 Å². The molecule has 6 aromatic rings. The molecule has 0 saturated carbocycles. The van der Waals surface area contributed by atoms with Gasteiger partial charge in [0, 0.05) is 47.1 Å². The van der Waals surface area contributed by atoms with Crippen LogP contribution in [0.1, 0.15) is 15.9 Å². The quantitative estimate of drug-likeness (QED) is 0.201. The number of carbonyl (C=O) groups excluding carboxylic acids is 1. The van der Waals surface area contributed by atoms with Crippen LogP contribution in [0.3, 0.4) is 0 Å². The van der Waals surface area contributed by atoms with Crippen molar-refractivity contribution >= 4 is 22.5 Å². The van der Waals surface area contributed by atoms with Crippen molar-refractivity contribution < 1.29 is 31.8 Å². The van der Waals surface area contributed by atoms with Gasteiger partial charge in [-0.3, -0.25) is 19.4 Å². The highest BCUT2D eigenvalue weighted by Gasteiger charge is 2.25. The zero-order valence-corrected chi connectivity index (χ0v) is 22.9. The molecule has 3 aromatic heterocycles. The van der Waals surface area contributed by atoms with Gasteiger partial charge in [0.1, 0.15) is 17.1 Å². The summed E-state index contributed by atoms with van der Waals surface area (Å²) in [6, 6.07) is 11.9. The van der Waals surface area contributed by atoms with Crippen molar-refractivity contribution in [3.05, 3.63) is 112 Å². The van der Waals surface area contributed by atoms with E-state index in [4.69, 9.17) is 4.74 Å². The third-order valence-electron chi connectivity index (χ3n) is 7.34. The number of halogens is 4. The topological polar surface area (TPSA) is 116 Å². The van der Waals surface area contributed by atoms with Crippen LogP contribution in [0.2, 0.25) is 0 Å². The predicted octanol–water partition coefficient (Wildman–Crippen LogP) is 6.06. The Balaban J connectivity index is 1.18. The van der Waals surface area contributed by atoms with Crippen molar-refractivity contribution in [1.29, 1.82) is 0 Å². The normalized spacial score (nSPS) is 12.2. The fourth-order valence-electron chi connectivity index (χ4n) is 5.42. The van der Waals surface area contributed by atoms with Crippen LogP contribution in [0, 0.1) is 11.6 Å². The van der Waals surface area contributed by atoms with E-state index in [-0.39, 0.29) is 17.1 Å². The first-order valence-electron chi connectivity index (χ1n) is 13.5. The molecule has 0 atom stereocenters. The van der Waals surface area contributed by atoms with Crippen LogP contribution in [-0.4, -0.2) is 37.1 Å². The summed E-state index contributed by atoms with van der Waals surface area (Å²) >= 11 is 0. The first-order valence-corrected chi connectivity index (χ1v) is 13.5. The van der Waals surface area contributed by atoms with Crippen LogP contribution in [0.15, 0.2) is 84.0 Å². The summed E-state index contributed by atoms with van der Waals surface area (Å²) in [7, 11) is 0. The molecule has 14 heteroatoms. The molecule has 1 amide bonds. The van der Waals surface area contributed by atoms with E-state index in [2.05, 4.69) is 25.3 Å². The second kappa shape index (κ2) is 11.0. The van der Waals surface area contributed by atoms with E-state index in [1.807, 2.05) is 4.68 Å². The molecule has 45 heavy (non-hydrogen) atoms. The van der Waals surface area contributed by atoms with E-state index in [1.54, 1.807) is 24.7 Å². The molecular formula is C31H20F4N6O4. The molecule has 1 aliphatic heterocycles. The van der Waals surface area contributed by atoms with Gasteiger partial charge in [0.15, 0.2) is 11.6 Å². The molecule has 2 N–H and O–H groups in total. The monoisotopic (exact) mass is 616 g/mol. The second-order valence-corrected chi connectivity index (χ2v) is 10.1. The summed E-state index contributed by atoms with van der Waals surface area (Å²) in [5.74, 6) is -2.67. The van der Waals surface area contributed by atoms with Gasteiger partial charge in [-0.25, -0.2) is 13.3 Å². The number of amides is 1. The second-order valence-electron chi connectivity index (χ2n) is 10.1. The predicted molar refractivity (Wildman–Crippen MR) is 154 cm³/mol. The fourth-order valence-corrected chi connectivity index (χ4v) is 5.42. The number of alkyl halides is 2. The lowest BCUT2D eigenvalue weighted by molar-refractivity contribution is -0.0544. The maximum atomic E-state index is 15.4. The van der Waals surface area contributed by atoms with E-state index in [9.17, 15) is 22.8 Å². The van der Waals surface area contributed by atoms with Crippen molar-refractivity contribution in [3.8, 4) is 34.2 Å². The Morgan fingerprint density at radius 1 is 1.00 bits per heavy atom. The maximum Gasteiger partial charge on any atom is 0.388 e. The van der Waals surface area contributed by atoms with Gasteiger partial charge in [0.25, 0.3) is 11.5 Å². The SMILES string of the molecule is O=C(Nc1ccc(Oc2cc3cnn4c3c(c2-c2cn[nH]c2)CC4)c(F)c1)c1ccc(OC(F)F)n(-c2ccc(F)cc2)c1=O. The third-order valence-corrected chi connectivity index (χ3v) is 7.34. The van der Waals surface area contributed by atoms with Crippen molar-refractivity contribution in [3.63, 3.8) is 0 Å². The number of H-pyrrole nitrogens is 1. The van der Waals surface area contributed by atoms with Crippen LogP contribution >= 0.6 is 0 Å². The summed E-state index contributed by atoms with van der Waals surface area (Å²) in [6.07, 6.45) is 5.79. The van der Waals surface area contributed by atoms with Crippen LogP contribution in [-0.2, 0) is 13.0 Å². The first kappa shape index (κ1) is 27.9. The van der Waals surface area contributed by atoms with Crippen molar-refractivity contribution in [1.82, 2.24) is 24.5 Å². The fraction of sp³-hybridized carbons (Fsp3) is 0.0968. The lowest BCUT2D eigenvalue weighted by Crippen LogP contribution is -2.29. The molecule has 0 saturated heterocycles. The molecule has 226 valence electrons. The number of aromatic amines is 1. The van der Waals surface area contributed by atoms with Gasteiger partial charge in [0.05, 0.1) is 23.6 Å². The third kappa shape index (κ3) is 5.05. The van der Waals surface area contributed by atoms with E-state index >= 15 is 4.39 Å². The van der Waals surface area contributed by atoms with E-state index in [1.165, 1.54) is 24.3 Å². The number of aryl methyl sites for hydroxylation is 2. The molecule has 3 aromatic carbocycles. The van der Waals surface area contributed by atoms with Crippen molar-refractivity contribution in [2.45, 2.75) is 19.6 Å². The number of ether oxygens (including phenoxy) is 2. The summed E-state index contributed by atoms with van der Waals surface area (Å²) in [6.45, 7) is -2.57. The van der Waals surface area contributed by atoms with Crippen LogP contribution in [0.4, 0.5) is 23.2 Å². The Bertz CT molecular complexity index is 2140. The zero-order chi connectivity index (χ0) is 31.2. The Hall–Kier alpha value is -5.92. The highest BCUT2D eigenvalue weighted by Crippen LogP contribution is 2.43. The number of anilines is 1. The number of rotatable bonds is 8. The minimum absolute atomic E-state index is 0.00381. The smallest absolute Gasteiger partial charge is 0.388 e. The summed E-state index contributed by atoms with van der Waals surface area (Å²) in [5, 5.41) is 14.5. The van der Waals surface area contributed by atoms with Crippen molar-refractivity contribution in [2.24, 2.45) is 0 Å². The zero-order valence-electron chi connectivity index (χ0n) is 22.9. The number of carbonyl (C=O) groups is 1. The molecular weight excluding hydrogens is 596 g/mol. The maximum absolute atomic E-state index is 15.4. The van der Waals surface area contributed by atoms with Gasteiger partial charge < -0.3 is 14.8 Å². The molecule has 0 aliphatic carbocycles. The Morgan fingerprint density at radius 2 is 1.82 bits per heavy atom. The van der Waals surface area contributed by atoms with Gasteiger partial charge >= 0.3 is 6.61 Å². The Morgan fingerprint density at radius 3 is 2.56 bits per heavy atom. The number of nitrogens with one attached hydrogen (secondary N) is 2. The summed E-state index contributed by atoms with van der Waals surface area (Å²) in [4.78, 5) is 26.3. The number of benzene rings is 3. The van der Waals surface area contributed by atoms with Gasteiger partial charge in [-0.1, -0.05) is 0 Å². The summed E-state index contributed by atoms with van der Waals surface area (Å²) in [5.41, 5.74) is 2.00. The van der Waals surface area contributed by atoms with Crippen LogP contribution < -0.4 is 20.3 Å².